The summed E-state index contributed by atoms with van der Waals surface area (Å²) in [7, 11) is 0. The quantitative estimate of drug-likeness (QED) is 0.0486. The molecule has 0 spiro atoms. The molecular weight excluding hydrogens is 655 g/mol. The Hall–Kier alpha value is -0.301. The van der Waals surface area contributed by atoms with Gasteiger partial charge in [-0.2, -0.15) is 0 Å². The van der Waals surface area contributed by atoms with Crippen molar-refractivity contribution in [2.45, 2.75) is 222 Å². The Balaban J connectivity index is 0. The van der Waals surface area contributed by atoms with Crippen LogP contribution in [0, 0.1) is 0 Å². The van der Waals surface area contributed by atoms with Crippen LogP contribution in [0.5, 0.6) is 0 Å². The van der Waals surface area contributed by atoms with Crippen LogP contribution in [0.15, 0.2) is 0 Å². The van der Waals surface area contributed by atoms with Crippen molar-refractivity contribution in [3.8, 4) is 0 Å². The fourth-order valence-electron chi connectivity index (χ4n) is 5.52. The topological polar surface area (TPSA) is 89.5 Å². The average molecular weight is 730 g/mol. The van der Waals surface area contributed by atoms with E-state index in [4.69, 9.17) is 4.74 Å². The van der Waals surface area contributed by atoms with E-state index < -0.39 is 24.0 Å². The average Bonchev–Trinajstić information content (AvgIpc) is 3.00. The van der Waals surface area contributed by atoms with E-state index in [1.165, 1.54) is 122 Å². The second kappa shape index (κ2) is 37.2. The Morgan fingerprint density at radius 1 is 0.500 bits per heavy atom. The number of carbonyl (C=O) groups excluding carboxylic acids is 2. The first-order valence-electron chi connectivity index (χ1n) is 19.2. The molecule has 0 saturated carbocycles. The molecule has 5 nitrogen and oxygen atoms in total. The van der Waals surface area contributed by atoms with E-state index in [-0.39, 0.29) is 34.2 Å². The van der Waals surface area contributed by atoms with Crippen LogP contribution >= 0.6 is 0 Å². The van der Waals surface area contributed by atoms with Crippen LogP contribution in [-0.2, 0) is 14.3 Å². The number of unbranched alkanes of at least 4 members (excludes halogenated alkanes) is 22. The normalized spacial score (nSPS) is 12.3. The van der Waals surface area contributed by atoms with Crippen molar-refractivity contribution in [3.63, 3.8) is 0 Å². The van der Waals surface area contributed by atoms with Crippen molar-refractivity contribution in [3.05, 3.63) is 0 Å². The fourth-order valence-corrected chi connectivity index (χ4v) is 9.67. The molecule has 0 aromatic rings. The van der Waals surface area contributed by atoms with Gasteiger partial charge in [-0.15, -0.1) is 0 Å². The maximum atomic E-state index is 11.9. The molecule has 0 saturated heterocycles. The molecule has 260 valence electrons. The summed E-state index contributed by atoms with van der Waals surface area (Å²) in [4.78, 5) is 23.1. The summed E-state index contributed by atoms with van der Waals surface area (Å²) >= 11 is 0.149. The molecular formula is C38H74O5Sn. The van der Waals surface area contributed by atoms with E-state index in [2.05, 4.69) is 27.7 Å². The van der Waals surface area contributed by atoms with Gasteiger partial charge in [0.2, 0.25) is 0 Å². The standard InChI is InChI=1S/C30H58O5.2C4H9.Sn/c1-3-5-7-9-11-13-15-17-19-21-23-25-30(29(33)34,27-28(31)32)35-26-24-22-20-18-16-14-12-10-8-6-4-2;2*1-3-4-2;/h3-27H2,1-2H3,(H,31,32)(H,33,34);2*1,3-4H2,2H3;/q;;;+2/p-2. The summed E-state index contributed by atoms with van der Waals surface area (Å²) in [5.74, 6) is -2.81. The van der Waals surface area contributed by atoms with E-state index in [0.29, 0.717) is 6.42 Å². The molecule has 0 fully saturated rings. The van der Waals surface area contributed by atoms with Gasteiger partial charge in [0.25, 0.3) is 0 Å². The van der Waals surface area contributed by atoms with Crippen molar-refractivity contribution >= 4 is 33.1 Å². The Bertz CT molecular complexity index is 594. The van der Waals surface area contributed by atoms with Crippen LogP contribution in [0.2, 0.25) is 8.87 Å². The molecule has 0 rings (SSSR count). The molecule has 6 heteroatoms. The van der Waals surface area contributed by atoms with Gasteiger partial charge >= 0.3 is 69.5 Å². The number of rotatable bonds is 34. The van der Waals surface area contributed by atoms with Crippen molar-refractivity contribution in [2.24, 2.45) is 0 Å². The van der Waals surface area contributed by atoms with Crippen LogP contribution < -0.4 is 10.2 Å². The number of hydrogen-bond acceptors (Lipinski definition) is 5. The molecule has 0 aromatic carbocycles. The van der Waals surface area contributed by atoms with E-state index in [1.807, 2.05) is 0 Å². The second-order valence-electron chi connectivity index (χ2n) is 13.0. The fraction of sp³-hybridized carbons (Fsp3) is 0.947. The zero-order valence-corrected chi connectivity index (χ0v) is 32.8. The van der Waals surface area contributed by atoms with Crippen LogP contribution in [0.4, 0.5) is 0 Å². The number of carboxylic acids is 2. The second-order valence-corrected chi connectivity index (χ2v) is 17.2. The van der Waals surface area contributed by atoms with Gasteiger partial charge in [-0.05, 0) is 12.8 Å². The van der Waals surface area contributed by atoms with E-state index >= 15 is 0 Å². The van der Waals surface area contributed by atoms with Crippen LogP contribution in [-0.4, -0.2) is 45.3 Å². The Morgan fingerprint density at radius 3 is 1.18 bits per heavy atom. The molecule has 0 radical (unpaired) electrons. The van der Waals surface area contributed by atoms with Gasteiger partial charge in [-0.25, -0.2) is 0 Å². The van der Waals surface area contributed by atoms with E-state index in [0.717, 1.165) is 38.5 Å². The number of hydrogen-bond donors (Lipinski definition) is 0. The predicted molar refractivity (Wildman–Crippen MR) is 186 cm³/mol. The minimum atomic E-state index is -1.75. The summed E-state index contributed by atoms with van der Waals surface area (Å²) in [5.41, 5.74) is -1.75. The molecule has 0 bridgehead atoms. The SMILES string of the molecule is CCCCCCCCCCCCCOC(CCCCCCCCCCCCC)(CC(=O)[O-])C(=O)[O-].CCC[CH2][Sn+2][CH2]CCC. The minimum absolute atomic E-state index is 0.149. The third-order valence-electron chi connectivity index (χ3n) is 8.53. The molecule has 0 aliphatic rings. The van der Waals surface area contributed by atoms with Crippen molar-refractivity contribution in [2.75, 3.05) is 6.61 Å². The molecule has 1 unspecified atom stereocenters. The summed E-state index contributed by atoms with van der Waals surface area (Å²) in [5, 5.41) is 23.1. The van der Waals surface area contributed by atoms with Gasteiger partial charge in [0.05, 0.1) is 5.97 Å². The van der Waals surface area contributed by atoms with Crippen molar-refractivity contribution in [1.29, 1.82) is 0 Å². The summed E-state index contributed by atoms with van der Waals surface area (Å²) in [6.07, 6.45) is 31.3. The molecule has 44 heavy (non-hydrogen) atoms. The Labute approximate surface area is 285 Å². The first kappa shape index (κ1) is 45.8. The van der Waals surface area contributed by atoms with Gasteiger partial charge < -0.3 is 24.5 Å². The van der Waals surface area contributed by atoms with Crippen LogP contribution in [0.25, 0.3) is 0 Å². The summed E-state index contributed by atoms with van der Waals surface area (Å²) in [6, 6.07) is 0. The molecule has 0 aliphatic carbocycles. The van der Waals surface area contributed by atoms with Crippen LogP contribution in [0.1, 0.15) is 207 Å². The third kappa shape index (κ3) is 33.1. The van der Waals surface area contributed by atoms with Gasteiger partial charge in [0.15, 0.2) is 0 Å². The van der Waals surface area contributed by atoms with Crippen molar-refractivity contribution in [1.82, 2.24) is 0 Å². The first-order valence-corrected chi connectivity index (χ1v) is 23.2. The van der Waals surface area contributed by atoms with Gasteiger partial charge in [0.1, 0.15) is 5.60 Å². The molecule has 0 aromatic heterocycles. The van der Waals surface area contributed by atoms with Gasteiger partial charge in [0, 0.05) is 19.0 Å². The maximum absolute atomic E-state index is 11.9. The number of carboxylic acid groups (broad SMARTS) is 2. The van der Waals surface area contributed by atoms with Gasteiger partial charge in [-0.1, -0.05) is 149 Å². The monoisotopic (exact) mass is 730 g/mol. The Morgan fingerprint density at radius 2 is 0.841 bits per heavy atom. The van der Waals surface area contributed by atoms with Crippen LogP contribution in [0.3, 0.4) is 0 Å². The third-order valence-corrected chi connectivity index (χ3v) is 12.6. The number of aliphatic carboxylic acids is 2. The molecule has 0 amide bonds. The molecule has 1 atom stereocenters. The zero-order valence-electron chi connectivity index (χ0n) is 30.0. The molecule has 0 heterocycles. The number of carbonyl (C=O) groups is 2. The van der Waals surface area contributed by atoms with E-state index in [1.54, 1.807) is 8.87 Å². The summed E-state index contributed by atoms with van der Waals surface area (Å²) < 4.78 is 8.94. The predicted octanol–water partition coefficient (Wildman–Crippen LogP) is 9.77. The Kier molecular flexibility index (Phi) is 38.7. The summed E-state index contributed by atoms with van der Waals surface area (Å²) in [6.45, 7) is 9.30. The number of ether oxygens (including phenoxy) is 1. The van der Waals surface area contributed by atoms with E-state index in [9.17, 15) is 19.8 Å². The first-order chi connectivity index (χ1) is 21.4. The molecule has 0 N–H and O–H groups in total. The zero-order chi connectivity index (χ0) is 33.0. The molecule has 0 aliphatic heterocycles. The van der Waals surface area contributed by atoms with Gasteiger partial charge in [-0.3, -0.25) is 0 Å². The van der Waals surface area contributed by atoms with Crippen molar-refractivity contribution < 1.29 is 24.5 Å².